The van der Waals surface area contributed by atoms with Crippen molar-refractivity contribution in [2.75, 3.05) is 0 Å². The Morgan fingerprint density at radius 2 is 1.92 bits per heavy atom. The van der Waals surface area contributed by atoms with E-state index in [9.17, 15) is 0 Å². The fourth-order valence-corrected chi connectivity index (χ4v) is 0.472. The predicted octanol–water partition coefficient (Wildman–Crippen LogP) is 2.35. The maximum absolute atomic E-state index is 5.53. The Hall–Kier alpha value is -0.0251. The molecule has 0 aliphatic heterocycles. The minimum atomic E-state index is -0.203. The van der Waals surface area contributed by atoms with Crippen LogP contribution in [0.4, 0.5) is 0 Å². The molecule has 3 heteroatoms. The largest absolute Gasteiger partial charge is 0.429 e. The summed E-state index contributed by atoms with van der Waals surface area (Å²) in [6.07, 6.45) is 0. The van der Waals surface area contributed by atoms with E-state index in [1.807, 2.05) is 13.8 Å². The van der Waals surface area contributed by atoms with Gasteiger partial charge in [0, 0.05) is 5.16 Å². The quantitative estimate of drug-likeness (QED) is 0.369. The highest BCUT2D eigenvalue weighted by Gasteiger charge is 2.33. The maximum Gasteiger partial charge on any atom is 0.331 e. The Balaban J connectivity index is 4.13. The molecular formula is C9H17BOP. The molecule has 1 atom stereocenters. The predicted molar refractivity (Wildman–Crippen MR) is 58.4 cm³/mol. The maximum atomic E-state index is 5.53. The molecule has 1 radical (unpaired) electrons. The smallest absolute Gasteiger partial charge is 0.331 e. The molecule has 0 saturated heterocycles. The number of rotatable bonds is 4. The summed E-state index contributed by atoms with van der Waals surface area (Å²) in [5.74, 6) is 1.66. The molecule has 0 rings (SSSR count). The summed E-state index contributed by atoms with van der Waals surface area (Å²) in [4.78, 5) is 0. The Bertz CT molecular complexity index is 187. The fraction of sp³-hybridized carbons (Fsp3) is 0.667. The lowest BCUT2D eigenvalue weighted by molar-refractivity contribution is 0.0838. The summed E-state index contributed by atoms with van der Waals surface area (Å²) in [6.45, 7) is 11.8. The van der Waals surface area contributed by atoms with Gasteiger partial charge in [-0.3, -0.25) is 0 Å². The van der Waals surface area contributed by atoms with Gasteiger partial charge in [-0.25, -0.2) is 0 Å². The van der Waals surface area contributed by atoms with Crippen molar-refractivity contribution in [2.24, 2.45) is 0 Å². The van der Waals surface area contributed by atoms with Crippen LogP contribution in [0.5, 0.6) is 0 Å². The third-order valence-electron chi connectivity index (χ3n) is 2.10. The first-order valence-electron chi connectivity index (χ1n) is 3.95. The molecule has 0 aliphatic rings. The van der Waals surface area contributed by atoms with Crippen LogP contribution >= 0.6 is 9.24 Å². The molecule has 0 aromatic heterocycles. The Kier molecular flexibility index (Phi) is 4.27. The van der Waals surface area contributed by atoms with Gasteiger partial charge < -0.3 is 4.65 Å². The molecule has 0 saturated carbocycles. The van der Waals surface area contributed by atoms with Crippen molar-refractivity contribution < 1.29 is 4.65 Å². The second kappa shape index (κ2) is 4.28. The standard InChI is InChI=1S/C9H17BOP/c1-6-7-10-11-8(2,3)9(4,5)12/h7H,1,12H2,2-5H3. The van der Waals surface area contributed by atoms with Crippen LogP contribution in [0.2, 0.25) is 0 Å². The highest BCUT2D eigenvalue weighted by molar-refractivity contribution is 7.19. The van der Waals surface area contributed by atoms with Gasteiger partial charge in [-0.15, -0.1) is 15.0 Å². The third kappa shape index (κ3) is 3.58. The Morgan fingerprint density at radius 1 is 1.42 bits per heavy atom. The van der Waals surface area contributed by atoms with E-state index in [2.05, 4.69) is 35.4 Å². The van der Waals surface area contributed by atoms with Crippen molar-refractivity contribution in [1.82, 2.24) is 0 Å². The highest BCUT2D eigenvalue weighted by Crippen LogP contribution is 2.32. The van der Waals surface area contributed by atoms with Crippen LogP contribution in [0, 0.1) is 0 Å². The Morgan fingerprint density at radius 3 is 2.25 bits per heavy atom. The summed E-state index contributed by atoms with van der Waals surface area (Å²) in [6, 6.07) is 0. The van der Waals surface area contributed by atoms with Gasteiger partial charge in [0.05, 0.1) is 5.60 Å². The van der Waals surface area contributed by atoms with Gasteiger partial charge >= 0.3 is 7.48 Å². The zero-order valence-corrected chi connectivity index (χ0v) is 9.50. The van der Waals surface area contributed by atoms with Crippen LogP contribution in [0.25, 0.3) is 0 Å². The van der Waals surface area contributed by atoms with Crippen molar-refractivity contribution in [3.8, 4) is 0 Å². The van der Waals surface area contributed by atoms with Crippen LogP contribution in [-0.4, -0.2) is 18.2 Å². The van der Waals surface area contributed by atoms with E-state index in [4.69, 9.17) is 4.65 Å². The van der Waals surface area contributed by atoms with Gasteiger partial charge in [0.2, 0.25) is 0 Å². The lowest BCUT2D eigenvalue weighted by atomic mass is 9.89. The summed E-state index contributed by atoms with van der Waals surface area (Å²) < 4.78 is 5.53. The molecule has 0 heterocycles. The molecule has 0 spiro atoms. The molecule has 0 fully saturated rings. The molecule has 1 nitrogen and oxygen atoms in total. The zero-order chi connectivity index (χ0) is 9.83. The average Bonchev–Trinajstić information content (AvgIpc) is 1.85. The van der Waals surface area contributed by atoms with E-state index in [-0.39, 0.29) is 10.8 Å². The first kappa shape index (κ1) is 12.0. The Labute approximate surface area is 78.7 Å². The summed E-state index contributed by atoms with van der Waals surface area (Å²) in [7, 11) is 4.40. The average molecular weight is 183 g/mol. The van der Waals surface area contributed by atoms with Crippen LogP contribution in [0.1, 0.15) is 27.7 Å². The minimum Gasteiger partial charge on any atom is -0.429 e. The SMILES string of the molecule is C=C=C[B]OC(C)(C)C(C)(C)P. The van der Waals surface area contributed by atoms with Crippen molar-refractivity contribution in [3.05, 3.63) is 18.3 Å². The van der Waals surface area contributed by atoms with Crippen molar-refractivity contribution in [2.45, 2.75) is 38.5 Å². The van der Waals surface area contributed by atoms with Crippen molar-refractivity contribution in [1.29, 1.82) is 0 Å². The third-order valence-corrected chi connectivity index (χ3v) is 2.80. The molecule has 0 aromatic carbocycles. The fourth-order valence-electron chi connectivity index (χ4n) is 0.404. The second-order valence-corrected chi connectivity index (χ2v) is 5.30. The normalized spacial score (nSPS) is 12.1. The first-order chi connectivity index (χ1) is 5.31. The lowest BCUT2D eigenvalue weighted by Gasteiger charge is -2.38. The van der Waals surface area contributed by atoms with Crippen LogP contribution in [-0.2, 0) is 4.65 Å². The zero-order valence-electron chi connectivity index (χ0n) is 8.35. The number of hydrogen-bond donors (Lipinski definition) is 0. The molecule has 0 N–H and O–H groups in total. The van der Waals surface area contributed by atoms with Gasteiger partial charge in [-0.05, 0) is 19.8 Å². The molecule has 0 amide bonds. The van der Waals surface area contributed by atoms with E-state index in [1.54, 1.807) is 13.5 Å². The summed E-state index contributed by atoms with van der Waals surface area (Å²) in [5.41, 5.74) is 2.43. The monoisotopic (exact) mass is 183 g/mol. The van der Waals surface area contributed by atoms with Crippen LogP contribution in [0.3, 0.4) is 0 Å². The molecule has 1 unspecified atom stereocenters. The molecule has 67 valence electrons. The van der Waals surface area contributed by atoms with Crippen molar-refractivity contribution >= 4 is 16.7 Å². The highest BCUT2D eigenvalue weighted by atomic mass is 31.0. The van der Waals surface area contributed by atoms with E-state index >= 15 is 0 Å². The molecule has 0 bridgehead atoms. The number of hydrogen-bond acceptors (Lipinski definition) is 1. The molecule has 0 aromatic rings. The van der Waals surface area contributed by atoms with Crippen LogP contribution in [0.15, 0.2) is 18.3 Å². The lowest BCUT2D eigenvalue weighted by Crippen LogP contribution is -2.43. The summed E-state index contributed by atoms with van der Waals surface area (Å²) >= 11 is 0. The van der Waals surface area contributed by atoms with Gasteiger partial charge in [-0.1, -0.05) is 20.4 Å². The molecular weight excluding hydrogens is 166 g/mol. The first-order valence-corrected chi connectivity index (χ1v) is 4.53. The van der Waals surface area contributed by atoms with Gasteiger partial charge in [-0.2, -0.15) is 0 Å². The van der Waals surface area contributed by atoms with E-state index in [1.165, 1.54) is 0 Å². The topological polar surface area (TPSA) is 9.23 Å². The minimum absolute atomic E-state index is 0.0402. The van der Waals surface area contributed by atoms with Crippen molar-refractivity contribution in [3.63, 3.8) is 0 Å². The van der Waals surface area contributed by atoms with E-state index in [0.717, 1.165) is 0 Å². The van der Waals surface area contributed by atoms with E-state index < -0.39 is 0 Å². The van der Waals surface area contributed by atoms with Gasteiger partial charge in [0.25, 0.3) is 0 Å². The molecule has 0 aliphatic carbocycles. The second-order valence-electron chi connectivity index (χ2n) is 3.86. The summed E-state index contributed by atoms with van der Waals surface area (Å²) in [5, 5.41) is 0.0402. The van der Waals surface area contributed by atoms with E-state index in [0.29, 0.717) is 0 Å². The van der Waals surface area contributed by atoms with Gasteiger partial charge in [0.1, 0.15) is 0 Å². The molecule has 12 heavy (non-hydrogen) atoms. The van der Waals surface area contributed by atoms with Crippen LogP contribution < -0.4 is 0 Å². The van der Waals surface area contributed by atoms with Gasteiger partial charge in [0.15, 0.2) is 0 Å².